The van der Waals surface area contributed by atoms with E-state index >= 15 is 0 Å². The van der Waals surface area contributed by atoms with Crippen LogP contribution >= 0.6 is 0 Å². The van der Waals surface area contributed by atoms with Crippen LogP contribution in [0.3, 0.4) is 0 Å². The van der Waals surface area contributed by atoms with E-state index in [0.717, 1.165) is 33.9 Å². The van der Waals surface area contributed by atoms with Gasteiger partial charge in [0.2, 0.25) is 5.91 Å². The van der Waals surface area contributed by atoms with Gasteiger partial charge in [-0.15, -0.1) is 0 Å². The molecule has 0 saturated carbocycles. The van der Waals surface area contributed by atoms with Gasteiger partial charge >= 0.3 is 0 Å². The quantitative estimate of drug-likeness (QED) is 0.762. The van der Waals surface area contributed by atoms with Crippen molar-refractivity contribution >= 4 is 11.6 Å². The molecule has 1 aromatic carbocycles. The van der Waals surface area contributed by atoms with E-state index in [1.54, 1.807) is 0 Å². The van der Waals surface area contributed by atoms with E-state index in [-0.39, 0.29) is 11.9 Å². The minimum Gasteiger partial charge on any atom is -0.350 e. The zero-order valence-electron chi connectivity index (χ0n) is 16.1. The van der Waals surface area contributed by atoms with Crippen LogP contribution in [0, 0.1) is 27.7 Å². The molecule has 1 amide bonds. The van der Waals surface area contributed by atoms with Crippen molar-refractivity contribution in [2.24, 2.45) is 0 Å². The van der Waals surface area contributed by atoms with Crippen molar-refractivity contribution in [2.45, 2.75) is 53.5 Å². The Morgan fingerprint density at radius 2 is 1.92 bits per heavy atom. The van der Waals surface area contributed by atoms with Crippen LogP contribution in [0.4, 0.5) is 0 Å². The van der Waals surface area contributed by atoms with Crippen LogP contribution in [0.1, 0.15) is 53.2 Å². The second kappa shape index (κ2) is 7.28. The van der Waals surface area contributed by atoms with Crippen molar-refractivity contribution in [2.75, 3.05) is 0 Å². The van der Waals surface area contributed by atoms with Crippen molar-refractivity contribution in [1.82, 2.24) is 19.9 Å². The van der Waals surface area contributed by atoms with Gasteiger partial charge in [-0.05, 0) is 57.7 Å². The normalized spacial score (nSPS) is 12.3. The third-order valence-corrected chi connectivity index (χ3v) is 4.92. The number of carbonyl (C=O) groups is 1. The highest BCUT2D eigenvalue weighted by atomic mass is 16.1. The molecular weight excluding hydrogens is 324 g/mol. The smallest absolute Gasteiger partial charge is 0.220 e. The molecule has 0 radical (unpaired) electrons. The molecule has 5 heteroatoms. The molecule has 1 N–H and O–H groups in total. The number of aromatic nitrogens is 3. The van der Waals surface area contributed by atoms with E-state index in [4.69, 9.17) is 0 Å². The second-order valence-electron chi connectivity index (χ2n) is 6.96. The van der Waals surface area contributed by atoms with Gasteiger partial charge in [0.15, 0.2) is 5.65 Å². The minimum atomic E-state index is 0.000244. The lowest BCUT2D eigenvalue weighted by Crippen LogP contribution is -2.27. The second-order valence-corrected chi connectivity index (χ2v) is 6.96. The van der Waals surface area contributed by atoms with Crippen molar-refractivity contribution in [3.63, 3.8) is 0 Å². The summed E-state index contributed by atoms with van der Waals surface area (Å²) in [4.78, 5) is 17.1. The van der Waals surface area contributed by atoms with Crippen LogP contribution in [0.2, 0.25) is 0 Å². The molecule has 136 valence electrons. The Morgan fingerprint density at radius 3 is 2.65 bits per heavy atom. The third-order valence-electron chi connectivity index (χ3n) is 4.92. The molecule has 3 aromatic rings. The van der Waals surface area contributed by atoms with E-state index in [2.05, 4.69) is 34.5 Å². The highest BCUT2D eigenvalue weighted by Gasteiger charge is 2.15. The number of fused-ring (bicyclic) bond motifs is 1. The fourth-order valence-corrected chi connectivity index (χ4v) is 3.51. The molecule has 0 fully saturated rings. The molecule has 1 atom stereocenters. The monoisotopic (exact) mass is 350 g/mol. The largest absolute Gasteiger partial charge is 0.350 e. The van der Waals surface area contributed by atoms with E-state index in [9.17, 15) is 4.79 Å². The van der Waals surface area contributed by atoms with Gasteiger partial charge in [0.25, 0.3) is 0 Å². The Balaban J connectivity index is 1.70. The number of amides is 1. The summed E-state index contributed by atoms with van der Waals surface area (Å²) in [5.41, 5.74) is 7.27. The molecule has 0 saturated heterocycles. The third kappa shape index (κ3) is 3.62. The average Bonchev–Trinajstić information content (AvgIpc) is 2.95. The predicted octanol–water partition coefficient (Wildman–Crippen LogP) is 3.77. The van der Waals surface area contributed by atoms with E-state index in [1.807, 2.05) is 50.4 Å². The van der Waals surface area contributed by atoms with Gasteiger partial charge in [-0.3, -0.25) is 4.79 Å². The fraction of sp³-hybridized carbons (Fsp3) is 0.381. The molecule has 2 heterocycles. The number of hydrogen-bond donors (Lipinski definition) is 1. The van der Waals surface area contributed by atoms with Crippen LogP contribution in [-0.4, -0.2) is 20.5 Å². The lowest BCUT2D eigenvalue weighted by molar-refractivity contribution is -0.121. The Labute approximate surface area is 154 Å². The maximum Gasteiger partial charge on any atom is 0.220 e. The van der Waals surface area contributed by atoms with E-state index < -0.39 is 0 Å². The van der Waals surface area contributed by atoms with Crippen LogP contribution in [0.15, 0.2) is 30.3 Å². The van der Waals surface area contributed by atoms with Gasteiger partial charge in [0.05, 0.1) is 11.7 Å². The zero-order chi connectivity index (χ0) is 18.8. The van der Waals surface area contributed by atoms with Crippen LogP contribution in [0.5, 0.6) is 0 Å². The Morgan fingerprint density at radius 1 is 1.19 bits per heavy atom. The Bertz CT molecular complexity index is 958. The molecule has 3 rings (SSSR count). The molecule has 0 aliphatic heterocycles. The molecule has 5 nitrogen and oxygen atoms in total. The lowest BCUT2D eigenvalue weighted by atomic mass is 10.0. The van der Waals surface area contributed by atoms with Crippen molar-refractivity contribution in [1.29, 1.82) is 0 Å². The molecule has 26 heavy (non-hydrogen) atoms. The number of aryl methyl sites for hydroxylation is 4. The Hall–Kier alpha value is -2.69. The number of nitrogens with zero attached hydrogens (tertiary/aromatic N) is 3. The zero-order valence-corrected chi connectivity index (χ0v) is 16.1. The molecule has 1 unspecified atom stereocenters. The van der Waals surface area contributed by atoms with Gasteiger partial charge in [0, 0.05) is 23.9 Å². The average molecular weight is 350 g/mol. The number of benzene rings is 1. The van der Waals surface area contributed by atoms with Gasteiger partial charge in [0.1, 0.15) is 0 Å². The lowest BCUT2D eigenvalue weighted by Gasteiger charge is -2.17. The van der Waals surface area contributed by atoms with E-state index in [1.165, 1.54) is 5.56 Å². The van der Waals surface area contributed by atoms with Crippen LogP contribution in [0.25, 0.3) is 5.65 Å². The molecular formula is C21H26N4O. The molecule has 0 aliphatic carbocycles. The van der Waals surface area contributed by atoms with E-state index in [0.29, 0.717) is 12.8 Å². The molecule has 0 aliphatic rings. The SMILES string of the molecule is Cc1cc2nc(C)c(CCC(=O)NC(C)c3ccccc3C)c(C)n2n1. The first-order chi connectivity index (χ1) is 12.4. The number of hydrogen-bond acceptors (Lipinski definition) is 3. The topological polar surface area (TPSA) is 59.3 Å². The Kier molecular flexibility index (Phi) is 5.07. The minimum absolute atomic E-state index is 0.000244. The van der Waals surface area contributed by atoms with Crippen molar-refractivity contribution < 1.29 is 4.79 Å². The van der Waals surface area contributed by atoms with Crippen LogP contribution in [-0.2, 0) is 11.2 Å². The van der Waals surface area contributed by atoms with Crippen molar-refractivity contribution in [3.8, 4) is 0 Å². The maximum absolute atomic E-state index is 12.4. The van der Waals surface area contributed by atoms with Gasteiger partial charge < -0.3 is 5.32 Å². The fourth-order valence-electron chi connectivity index (χ4n) is 3.51. The summed E-state index contributed by atoms with van der Waals surface area (Å²) in [6.45, 7) is 10.1. The van der Waals surface area contributed by atoms with Gasteiger partial charge in [-0.1, -0.05) is 24.3 Å². The summed E-state index contributed by atoms with van der Waals surface area (Å²) in [7, 11) is 0. The summed E-state index contributed by atoms with van der Waals surface area (Å²) < 4.78 is 1.87. The number of rotatable bonds is 5. The van der Waals surface area contributed by atoms with Gasteiger partial charge in [-0.2, -0.15) is 5.10 Å². The predicted molar refractivity (Wildman–Crippen MR) is 103 cm³/mol. The van der Waals surface area contributed by atoms with Crippen molar-refractivity contribution in [3.05, 3.63) is 64.1 Å². The molecule has 2 aromatic heterocycles. The number of carbonyl (C=O) groups excluding carboxylic acids is 1. The van der Waals surface area contributed by atoms with Crippen LogP contribution < -0.4 is 5.32 Å². The maximum atomic E-state index is 12.4. The molecule has 0 spiro atoms. The highest BCUT2D eigenvalue weighted by Crippen LogP contribution is 2.19. The number of nitrogens with one attached hydrogen (secondary N) is 1. The highest BCUT2D eigenvalue weighted by molar-refractivity contribution is 5.76. The summed E-state index contributed by atoms with van der Waals surface area (Å²) in [6, 6.07) is 10.1. The first-order valence-corrected chi connectivity index (χ1v) is 9.04. The summed E-state index contributed by atoms with van der Waals surface area (Å²) in [5.74, 6) is 0.0521. The first-order valence-electron chi connectivity index (χ1n) is 9.04. The summed E-state index contributed by atoms with van der Waals surface area (Å²) in [5, 5.41) is 7.60. The van der Waals surface area contributed by atoms with Gasteiger partial charge in [-0.25, -0.2) is 9.50 Å². The standard InChI is InChI=1S/C21H26N4O/c1-13-8-6-7-9-18(13)15(3)23-21(26)11-10-19-16(4)22-20-12-14(2)24-25(20)17(19)5/h6-9,12,15H,10-11H2,1-5H3,(H,23,26). The first kappa shape index (κ1) is 18.1. The molecule has 0 bridgehead atoms. The summed E-state index contributed by atoms with van der Waals surface area (Å²) in [6.07, 6.45) is 1.09. The summed E-state index contributed by atoms with van der Waals surface area (Å²) >= 11 is 0.